The van der Waals surface area contributed by atoms with Crippen LogP contribution in [-0.2, 0) is 4.74 Å². The van der Waals surface area contributed by atoms with E-state index in [-0.39, 0.29) is 17.6 Å². The molecule has 0 spiro atoms. The lowest BCUT2D eigenvalue weighted by Gasteiger charge is -2.32. The summed E-state index contributed by atoms with van der Waals surface area (Å²) in [5.41, 5.74) is 0.822. The number of aliphatic hydroxyl groups excluding tert-OH is 1. The molecule has 3 aromatic rings. The standard InChI is InChI=1S/C22H25N3O4S2/c1-13-23-16-5-4-14(28-3)10-15(16)22(24-13)30-12-17(26)19-6-7-20(31-19)21(27)18-11-25(2)8-9-29-18/h4-7,10,18,21,27H,8-9,11-12H2,1-3H3/t18-,21+/m0/s1. The van der Waals surface area contributed by atoms with Gasteiger partial charge in [0.25, 0.3) is 0 Å². The number of fused-ring (bicyclic) bond motifs is 1. The topological polar surface area (TPSA) is 84.8 Å². The van der Waals surface area contributed by atoms with Crippen LogP contribution in [0.15, 0.2) is 35.4 Å². The summed E-state index contributed by atoms with van der Waals surface area (Å²) in [6.45, 7) is 3.97. The van der Waals surface area contributed by atoms with Gasteiger partial charge in [-0.15, -0.1) is 11.3 Å². The van der Waals surface area contributed by atoms with Crippen molar-refractivity contribution >= 4 is 39.8 Å². The number of ketones is 1. The second-order valence-corrected chi connectivity index (χ2v) is 9.57. The van der Waals surface area contributed by atoms with Crippen LogP contribution in [0.25, 0.3) is 10.9 Å². The molecule has 31 heavy (non-hydrogen) atoms. The third kappa shape index (κ3) is 5.07. The van der Waals surface area contributed by atoms with Gasteiger partial charge in [-0.3, -0.25) is 4.79 Å². The summed E-state index contributed by atoms with van der Waals surface area (Å²) in [6.07, 6.45) is -1.01. The monoisotopic (exact) mass is 459 g/mol. The molecule has 1 N–H and O–H groups in total. The summed E-state index contributed by atoms with van der Waals surface area (Å²) in [5.74, 6) is 1.64. The first-order valence-corrected chi connectivity index (χ1v) is 11.8. The Kier molecular flexibility index (Phi) is 6.88. The minimum atomic E-state index is -0.733. The van der Waals surface area contributed by atoms with Crippen LogP contribution in [0.2, 0.25) is 0 Å². The highest BCUT2D eigenvalue weighted by Gasteiger charge is 2.28. The van der Waals surface area contributed by atoms with Crippen LogP contribution in [0.4, 0.5) is 0 Å². The molecule has 2 atom stereocenters. The van der Waals surface area contributed by atoms with E-state index in [0.29, 0.717) is 23.9 Å². The molecular weight excluding hydrogens is 434 g/mol. The summed E-state index contributed by atoms with van der Waals surface area (Å²) < 4.78 is 11.0. The van der Waals surface area contributed by atoms with Crippen LogP contribution in [0.5, 0.6) is 5.75 Å². The minimum Gasteiger partial charge on any atom is -0.497 e. The third-order valence-corrected chi connectivity index (χ3v) is 7.35. The molecule has 1 saturated heterocycles. The van der Waals surface area contributed by atoms with Gasteiger partial charge in [0.1, 0.15) is 28.8 Å². The fraction of sp³-hybridized carbons (Fsp3) is 0.409. The lowest BCUT2D eigenvalue weighted by atomic mass is 10.1. The van der Waals surface area contributed by atoms with Crippen molar-refractivity contribution in [3.05, 3.63) is 45.9 Å². The van der Waals surface area contributed by atoms with Gasteiger partial charge in [-0.05, 0) is 44.3 Å². The van der Waals surface area contributed by atoms with Gasteiger partial charge in [0.2, 0.25) is 0 Å². The normalized spacial score (nSPS) is 18.3. The van der Waals surface area contributed by atoms with E-state index in [1.165, 1.54) is 23.1 Å². The van der Waals surface area contributed by atoms with Gasteiger partial charge >= 0.3 is 0 Å². The first-order chi connectivity index (χ1) is 14.9. The fourth-order valence-corrected chi connectivity index (χ4v) is 5.49. The molecule has 164 valence electrons. The number of methoxy groups -OCH3 is 1. The molecule has 0 bridgehead atoms. The first-order valence-electron chi connectivity index (χ1n) is 10.0. The Balaban J connectivity index is 1.46. The van der Waals surface area contributed by atoms with Gasteiger partial charge in [0, 0.05) is 23.4 Å². The zero-order chi connectivity index (χ0) is 22.0. The maximum absolute atomic E-state index is 12.8. The van der Waals surface area contributed by atoms with Gasteiger partial charge in [0.05, 0.1) is 29.9 Å². The summed E-state index contributed by atoms with van der Waals surface area (Å²) in [5, 5.41) is 12.3. The highest BCUT2D eigenvalue weighted by atomic mass is 32.2. The Hall–Kier alpha value is -2.04. The second-order valence-electron chi connectivity index (χ2n) is 7.49. The van der Waals surface area contributed by atoms with Crippen LogP contribution in [0.3, 0.4) is 0 Å². The Morgan fingerprint density at radius 3 is 3.00 bits per heavy atom. The Morgan fingerprint density at radius 2 is 2.23 bits per heavy atom. The molecule has 0 saturated carbocycles. The van der Waals surface area contributed by atoms with Gasteiger partial charge in [-0.25, -0.2) is 9.97 Å². The number of hydrogen-bond donors (Lipinski definition) is 1. The van der Waals surface area contributed by atoms with Crippen molar-refractivity contribution in [2.24, 2.45) is 0 Å². The molecule has 0 aliphatic carbocycles. The Bertz CT molecular complexity index is 1090. The van der Waals surface area contributed by atoms with Crippen molar-refractivity contribution in [1.29, 1.82) is 0 Å². The molecule has 3 heterocycles. The second kappa shape index (κ2) is 9.62. The average Bonchev–Trinajstić information content (AvgIpc) is 3.26. The van der Waals surface area contributed by atoms with Crippen molar-refractivity contribution < 1.29 is 19.4 Å². The molecule has 0 amide bonds. The van der Waals surface area contributed by atoms with E-state index in [1.54, 1.807) is 13.2 Å². The molecule has 9 heteroatoms. The highest BCUT2D eigenvalue weighted by molar-refractivity contribution is 8.00. The van der Waals surface area contributed by atoms with Gasteiger partial charge < -0.3 is 19.5 Å². The fourth-order valence-electron chi connectivity index (χ4n) is 3.48. The van der Waals surface area contributed by atoms with E-state index in [9.17, 15) is 9.90 Å². The van der Waals surface area contributed by atoms with Crippen molar-refractivity contribution in [1.82, 2.24) is 14.9 Å². The summed E-state index contributed by atoms with van der Waals surface area (Å²) in [7, 11) is 3.63. The minimum absolute atomic E-state index is 0.00226. The first kappa shape index (κ1) is 22.2. The Morgan fingerprint density at radius 1 is 1.39 bits per heavy atom. The number of morpholine rings is 1. The number of likely N-dealkylation sites (N-methyl/N-ethyl adjacent to an activating group) is 1. The van der Waals surface area contributed by atoms with Crippen LogP contribution >= 0.6 is 23.1 Å². The average molecular weight is 460 g/mol. The van der Waals surface area contributed by atoms with Crippen molar-refractivity contribution in [2.75, 3.05) is 39.6 Å². The molecule has 2 aromatic heterocycles. The molecule has 0 unspecified atom stereocenters. The number of carbonyl (C=O) groups excluding carboxylic acids is 1. The SMILES string of the molecule is COc1ccc2nc(C)nc(SCC(=O)c3ccc([C@H](O)[C@@H]4CN(C)CCO4)s3)c2c1. The zero-order valence-electron chi connectivity index (χ0n) is 17.7. The number of aromatic nitrogens is 2. The molecule has 1 aliphatic rings. The predicted molar refractivity (Wildman–Crippen MR) is 122 cm³/mol. The van der Waals surface area contributed by atoms with Crippen molar-refractivity contribution in [3.8, 4) is 5.75 Å². The van der Waals surface area contributed by atoms with Gasteiger partial charge in [-0.1, -0.05) is 11.8 Å². The van der Waals surface area contributed by atoms with E-state index in [4.69, 9.17) is 9.47 Å². The summed E-state index contributed by atoms with van der Waals surface area (Å²) in [6, 6.07) is 9.25. The lowest BCUT2D eigenvalue weighted by molar-refractivity contribution is -0.0833. The quantitative estimate of drug-likeness (QED) is 0.327. The summed E-state index contributed by atoms with van der Waals surface area (Å²) >= 11 is 2.72. The van der Waals surface area contributed by atoms with Gasteiger partial charge in [0.15, 0.2) is 5.78 Å². The van der Waals surface area contributed by atoms with E-state index in [2.05, 4.69) is 14.9 Å². The zero-order valence-corrected chi connectivity index (χ0v) is 19.3. The number of aliphatic hydroxyl groups is 1. The number of thioether (sulfide) groups is 1. The van der Waals surface area contributed by atoms with Crippen LogP contribution in [0, 0.1) is 6.92 Å². The van der Waals surface area contributed by atoms with Crippen LogP contribution in [0.1, 0.15) is 26.5 Å². The van der Waals surface area contributed by atoms with Gasteiger partial charge in [-0.2, -0.15) is 0 Å². The van der Waals surface area contributed by atoms with Crippen LogP contribution < -0.4 is 4.74 Å². The maximum Gasteiger partial charge on any atom is 0.183 e. The van der Waals surface area contributed by atoms with E-state index < -0.39 is 6.10 Å². The van der Waals surface area contributed by atoms with Crippen LogP contribution in [-0.4, -0.2) is 71.5 Å². The predicted octanol–water partition coefficient (Wildman–Crippen LogP) is 3.35. The third-order valence-electron chi connectivity index (χ3n) is 5.16. The number of hydrogen-bond acceptors (Lipinski definition) is 9. The summed E-state index contributed by atoms with van der Waals surface area (Å²) in [4.78, 5) is 25.3. The number of aryl methyl sites for hydroxylation is 1. The smallest absolute Gasteiger partial charge is 0.183 e. The number of Topliss-reactive ketones (excluding diaryl/α,β-unsaturated/α-hetero) is 1. The molecule has 0 radical (unpaired) electrons. The van der Waals surface area contributed by atoms with E-state index in [1.807, 2.05) is 38.2 Å². The molecule has 7 nitrogen and oxygen atoms in total. The maximum atomic E-state index is 12.8. The van der Waals surface area contributed by atoms with Crippen molar-refractivity contribution in [3.63, 3.8) is 0 Å². The number of carbonyl (C=O) groups is 1. The molecule has 1 aromatic carbocycles. The largest absolute Gasteiger partial charge is 0.497 e. The molecule has 1 aliphatic heterocycles. The van der Waals surface area contributed by atoms with E-state index >= 15 is 0 Å². The number of thiophene rings is 1. The Labute approximate surface area is 189 Å². The highest BCUT2D eigenvalue weighted by Crippen LogP contribution is 2.32. The number of ether oxygens (including phenoxy) is 2. The number of rotatable bonds is 7. The molecule has 4 rings (SSSR count). The molecule has 1 fully saturated rings. The van der Waals surface area contributed by atoms with Crippen molar-refractivity contribution in [2.45, 2.75) is 24.2 Å². The molecular formula is C22H25N3O4S2. The number of benzene rings is 1. The van der Waals surface area contributed by atoms with E-state index in [0.717, 1.165) is 33.1 Å². The number of nitrogens with zero attached hydrogens (tertiary/aromatic N) is 3. The lowest BCUT2D eigenvalue weighted by Crippen LogP contribution is -2.42.